The fourth-order valence-electron chi connectivity index (χ4n) is 7.57. The van der Waals surface area contributed by atoms with Gasteiger partial charge in [-0.15, -0.1) is 0 Å². The number of carbonyl (C=O) groups is 3. The van der Waals surface area contributed by atoms with Crippen molar-refractivity contribution in [2.24, 2.45) is 0 Å². The molecular weight excluding hydrogens is 983 g/mol. The number of allylic oxidation sites excluding steroid dienone is 26. The summed E-state index contributed by atoms with van der Waals surface area (Å²) in [6, 6.07) is 0. The largest absolute Gasteiger partial charge is 0.545 e. The molecule has 2 atom stereocenters. The number of ether oxygens (including phenoxy) is 4. The van der Waals surface area contributed by atoms with E-state index < -0.39 is 24.3 Å². The van der Waals surface area contributed by atoms with Gasteiger partial charge in [-0.2, -0.15) is 0 Å². The first kappa shape index (κ1) is 73.9. The molecule has 444 valence electrons. The van der Waals surface area contributed by atoms with Gasteiger partial charge >= 0.3 is 11.9 Å². The Hall–Kier alpha value is -5.09. The predicted molar refractivity (Wildman–Crippen MR) is 333 cm³/mol. The van der Waals surface area contributed by atoms with Crippen LogP contribution in [0.15, 0.2) is 158 Å². The number of quaternary nitrogens is 1. The quantitative estimate of drug-likeness (QED) is 0.0195. The van der Waals surface area contributed by atoms with Crippen molar-refractivity contribution in [3.05, 3.63) is 158 Å². The topological polar surface area (TPSA) is 111 Å². The molecule has 0 radical (unpaired) electrons. The third-order valence-electron chi connectivity index (χ3n) is 12.3. The van der Waals surface area contributed by atoms with E-state index in [0.29, 0.717) is 17.4 Å². The number of unbranched alkanes of at least 4 members (excludes halogenated alkanes) is 13. The molecule has 0 saturated heterocycles. The van der Waals surface area contributed by atoms with E-state index in [-0.39, 0.29) is 38.6 Å². The molecule has 0 aromatic carbocycles. The third-order valence-corrected chi connectivity index (χ3v) is 12.3. The number of carboxylic acid groups (broad SMARTS) is 1. The van der Waals surface area contributed by atoms with Crippen LogP contribution in [0.3, 0.4) is 0 Å². The second-order valence-electron chi connectivity index (χ2n) is 20.9. The van der Waals surface area contributed by atoms with Crippen molar-refractivity contribution in [1.82, 2.24) is 0 Å². The highest BCUT2D eigenvalue weighted by molar-refractivity contribution is 5.70. The number of likely N-dealkylation sites (N-methyl/N-ethyl adjacent to an activating group) is 1. The summed E-state index contributed by atoms with van der Waals surface area (Å²) in [5.74, 6) is -2.35. The van der Waals surface area contributed by atoms with Gasteiger partial charge in [0.25, 0.3) is 0 Å². The highest BCUT2D eigenvalue weighted by Crippen LogP contribution is 2.13. The zero-order valence-corrected chi connectivity index (χ0v) is 50.4. The molecule has 0 spiro atoms. The van der Waals surface area contributed by atoms with Gasteiger partial charge in [-0.3, -0.25) is 9.59 Å². The van der Waals surface area contributed by atoms with Crippen LogP contribution in [0.1, 0.15) is 206 Å². The maximum atomic E-state index is 12.8. The second kappa shape index (κ2) is 59.0. The van der Waals surface area contributed by atoms with Crippen LogP contribution in [0.4, 0.5) is 0 Å². The van der Waals surface area contributed by atoms with Gasteiger partial charge in [0.05, 0.1) is 40.3 Å². The van der Waals surface area contributed by atoms with Crippen LogP contribution in [0.5, 0.6) is 0 Å². The molecule has 2 unspecified atom stereocenters. The van der Waals surface area contributed by atoms with E-state index >= 15 is 0 Å². The number of hydrogen-bond donors (Lipinski definition) is 0. The summed E-state index contributed by atoms with van der Waals surface area (Å²) in [6.45, 7) is 4.54. The van der Waals surface area contributed by atoms with Crippen molar-refractivity contribution in [3.8, 4) is 0 Å². The zero-order valence-electron chi connectivity index (χ0n) is 50.4. The van der Waals surface area contributed by atoms with Gasteiger partial charge in [0, 0.05) is 12.8 Å². The van der Waals surface area contributed by atoms with Crippen molar-refractivity contribution in [3.63, 3.8) is 0 Å². The Morgan fingerprint density at radius 2 is 0.722 bits per heavy atom. The van der Waals surface area contributed by atoms with Crippen LogP contribution in [0, 0.1) is 0 Å². The van der Waals surface area contributed by atoms with Gasteiger partial charge in [0.2, 0.25) is 0 Å². The van der Waals surface area contributed by atoms with E-state index in [1.807, 2.05) is 21.1 Å². The molecule has 0 N–H and O–H groups in total. The molecule has 9 heteroatoms. The Morgan fingerprint density at radius 3 is 1.09 bits per heavy atom. The Balaban J connectivity index is 4.24. The molecule has 9 nitrogen and oxygen atoms in total. The minimum absolute atomic E-state index is 0.133. The molecule has 79 heavy (non-hydrogen) atoms. The van der Waals surface area contributed by atoms with E-state index in [2.05, 4.69) is 172 Å². The van der Waals surface area contributed by atoms with Crippen LogP contribution in [0.2, 0.25) is 0 Å². The number of hydrogen-bond acceptors (Lipinski definition) is 8. The van der Waals surface area contributed by atoms with Crippen LogP contribution in [0.25, 0.3) is 0 Å². The number of aliphatic carboxylic acids is 1. The summed E-state index contributed by atoms with van der Waals surface area (Å²) < 4.78 is 22.6. The maximum absolute atomic E-state index is 12.8. The summed E-state index contributed by atoms with van der Waals surface area (Å²) in [7, 11) is 5.89. The maximum Gasteiger partial charge on any atom is 0.306 e. The predicted octanol–water partition coefficient (Wildman–Crippen LogP) is 17.2. The van der Waals surface area contributed by atoms with Gasteiger partial charge in [0.15, 0.2) is 12.4 Å². The molecule has 0 heterocycles. The van der Waals surface area contributed by atoms with Gasteiger partial charge in [-0.1, -0.05) is 223 Å². The van der Waals surface area contributed by atoms with E-state index in [0.717, 1.165) is 141 Å². The first-order chi connectivity index (χ1) is 38.6. The number of carboxylic acids is 1. The Bertz CT molecular complexity index is 1850. The molecule has 0 aliphatic heterocycles. The van der Waals surface area contributed by atoms with E-state index in [1.165, 1.54) is 32.1 Å². The molecule has 0 aliphatic carbocycles. The van der Waals surface area contributed by atoms with Crippen molar-refractivity contribution >= 4 is 17.9 Å². The average molecular weight is 1090 g/mol. The van der Waals surface area contributed by atoms with Gasteiger partial charge in [0.1, 0.15) is 13.2 Å². The molecule has 0 saturated carbocycles. The zero-order chi connectivity index (χ0) is 57.6. The standard InChI is InChI=1S/C70H111NO8/c1-6-8-10-12-14-16-18-20-21-22-23-24-25-26-27-28-29-30-31-32-33-34-35-36-37-38-39-40-41-42-43-44-45-46-47-49-51-53-55-57-59-61-68(73)79-66(65-78-70(69(74)75)76-63-62-71(3,4)5)64-77-67(72)60-58-56-54-52-50-48-19-17-15-13-11-9-7-2/h8,10,14,16-17,19-21,23-24,26-27,29-30,32-33,35-36,38-39,41-42,44-45,47,49,66,70H,6-7,9,11-13,15,18,22,25,28,31,34,37,40,43,46,48,50-65H2,1-5H3/b10-8-,16-14-,19-17-,21-20-,24-23-,27-26-,30-29-,33-32-,36-35-,39-38-,42-41-,45-44-,49-47-. The van der Waals surface area contributed by atoms with Gasteiger partial charge in [-0.25, -0.2) is 0 Å². The average Bonchev–Trinajstić information content (AvgIpc) is 3.42. The Labute approximate surface area is 483 Å². The molecule has 0 rings (SSSR count). The number of rotatable bonds is 54. The van der Waals surface area contributed by atoms with Gasteiger partial charge < -0.3 is 33.3 Å². The molecule has 0 aliphatic rings. The lowest BCUT2D eigenvalue weighted by Gasteiger charge is -2.26. The summed E-state index contributed by atoms with van der Waals surface area (Å²) in [6.07, 6.45) is 84.5. The van der Waals surface area contributed by atoms with E-state index in [4.69, 9.17) is 18.9 Å². The SMILES string of the molecule is CC/C=C\C/C=C\C/C=C\C/C=C\C/C=C\C/C=C\C/C=C\C/C=C\C/C=C\C/C=C\C/C=C\C/C=C\CCCCCCC(=O)OC(COC(=O)CCCCCCC/C=C\CCCCCC)COC(OCC[N+](C)(C)C)C(=O)[O-]. The first-order valence-corrected chi connectivity index (χ1v) is 30.6. The van der Waals surface area contributed by atoms with Crippen molar-refractivity contribution in [1.29, 1.82) is 0 Å². The fraction of sp³-hybridized carbons (Fsp3) is 0.586. The van der Waals surface area contributed by atoms with Crippen molar-refractivity contribution < 1.29 is 42.9 Å². The highest BCUT2D eigenvalue weighted by Gasteiger charge is 2.22. The fourth-order valence-corrected chi connectivity index (χ4v) is 7.57. The first-order valence-electron chi connectivity index (χ1n) is 30.6. The molecule has 0 aromatic rings. The number of carbonyl (C=O) groups excluding carboxylic acids is 3. The lowest BCUT2D eigenvalue weighted by molar-refractivity contribution is -0.870. The highest BCUT2D eigenvalue weighted by atomic mass is 16.7. The molecule has 0 amide bonds. The van der Waals surface area contributed by atoms with E-state index in [1.54, 1.807) is 0 Å². The molecular formula is C70H111NO8. The number of nitrogens with zero attached hydrogens (tertiary/aromatic N) is 1. The van der Waals surface area contributed by atoms with Crippen molar-refractivity contribution in [2.75, 3.05) is 47.5 Å². The summed E-state index contributed by atoms with van der Waals surface area (Å²) in [4.78, 5) is 37.2. The Morgan fingerprint density at radius 1 is 0.392 bits per heavy atom. The number of esters is 2. The minimum atomic E-state index is -1.64. The molecule has 0 aromatic heterocycles. The van der Waals surface area contributed by atoms with Crippen LogP contribution in [-0.4, -0.2) is 82.3 Å². The smallest absolute Gasteiger partial charge is 0.306 e. The van der Waals surface area contributed by atoms with Crippen molar-refractivity contribution in [2.45, 2.75) is 219 Å². The minimum Gasteiger partial charge on any atom is -0.545 e. The van der Waals surface area contributed by atoms with Crippen LogP contribution in [-0.2, 0) is 33.3 Å². The second-order valence-corrected chi connectivity index (χ2v) is 20.9. The lowest BCUT2D eigenvalue weighted by atomic mass is 10.1. The third kappa shape index (κ3) is 60.4. The lowest BCUT2D eigenvalue weighted by Crippen LogP contribution is -2.44. The monoisotopic (exact) mass is 1090 g/mol. The summed E-state index contributed by atoms with van der Waals surface area (Å²) in [5.41, 5.74) is 0. The van der Waals surface area contributed by atoms with Crippen LogP contribution < -0.4 is 5.11 Å². The molecule has 0 fully saturated rings. The van der Waals surface area contributed by atoms with E-state index in [9.17, 15) is 19.5 Å². The summed E-state index contributed by atoms with van der Waals surface area (Å²) in [5, 5.41) is 11.8. The Kier molecular flexibility index (Phi) is 55.2. The molecule has 0 bridgehead atoms. The normalized spacial score (nSPS) is 13.9. The van der Waals surface area contributed by atoms with Gasteiger partial charge in [-0.05, 0) is 128 Å². The van der Waals surface area contributed by atoms with Crippen LogP contribution >= 0.6 is 0 Å². The summed E-state index contributed by atoms with van der Waals surface area (Å²) >= 11 is 0.